The van der Waals surface area contributed by atoms with Crippen molar-refractivity contribution in [2.45, 2.75) is 51.5 Å². The molecule has 4 nitrogen and oxygen atoms in total. The minimum atomic E-state index is 0.0395. The van der Waals surface area contributed by atoms with E-state index in [2.05, 4.69) is 5.32 Å². The Kier molecular flexibility index (Phi) is 6.35. The predicted octanol–water partition coefficient (Wildman–Crippen LogP) is 3.78. The van der Waals surface area contributed by atoms with E-state index >= 15 is 0 Å². The van der Waals surface area contributed by atoms with E-state index in [4.69, 9.17) is 11.6 Å². The molecular weight excluding hydrogens is 336 g/mol. The quantitative estimate of drug-likeness (QED) is 0.886. The molecule has 1 saturated heterocycles. The van der Waals surface area contributed by atoms with Gasteiger partial charge in [-0.15, -0.1) is 0 Å². The fraction of sp³-hybridized carbons (Fsp3) is 0.600. The van der Waals surface area contributed by atoms with Crippen molar-refractivity contribution in [2.24, 2.45) is 11.8 Å². The summed E-state index contributed by atoms with van der Waals surface area (Å²) < 4.78 is 0. The van der Waals surface area contributed by atoms with E-state index in [0.717, 1.165) is 57.2 Å². The molecule has 5 heteroatoms. The van der Waals surface area contributed by atoms with Crippen molar-refractivity contribution in [3.05, 3.63) is 34.9 Å². The maximum absolute atomic E-state index is 12.6. The number of hydrogen-bond acceptors (Lipinski definition) is 2. The van der Waals surface area contributed by atoms with Crippen molar-refractivity contribution in [3.63, 3.8) is 0 Å². The molecule has 136 valence electrons. The fourth-order valence-corrected chi connectivity index (χ4v) is 4.04. The molecule has 1 saturated carbocycles. The highest BCUT2D eigenvalue weighted by Crippen LogP contribution is 2.31. The first kappa shape index (κ1) is 18.2. The summed E-state index contributed by atoms with van der Waals surface area (Å²) in [6, 6.07) is 7.52. The lowest BCUT2D eigenvalue weighted by Gasteiger charge is -2.33. The van der Waals surface area contributed by atoms with Gasteiger partial charge >= 0.3 is 0 Å². The summed E-state index contributed by atoms with van der Waals surface area (Å²) in [5.41, 5.74) is 1.05. The molecule has 1 aromatic carbocycles. The molecule has 2 fully saturated rings. The zero-order valence-electron chi connectivity index (χ0n) is 14.7. The van der Waals surface area contributed by atoms with E-state index in [1.807, 2.05) is 29.2 Å². The Balaban J connectivity index is 1.42. The van der Waals surface area contributed by atoms with E-state index < -0.39 is 0 Å². The Morgan fingerprint density at radius 3 is 2.20 bits per heavy atom. The number of hydrogen-bond donors (Lipinski definition) is 1. The van der Waals surface area contributed by atoms with Crippen molar-refractivity contribution in [1.29, 1.82) is 0 Å². The summed E-state index contributed by atoms with van der Waals surface area (Å²) in [5.74, 6) is 0.592. The summed E-state index contributed by atoms with van der Waals surface area (Å²) in [7, 11) is 0. The number of nitrogens with one attached hydrogen (secondary N) is 1. The predicted molar refractivity (Wildman–Crippen MR) is 99.2 cm³/mol. The molecule has 2 aliphatic rings. The Bertz CT molecular complexity index is 588. The molecule has 0 spiro atoms. The van der Waals surface area contributed by atoms with Crippen LogP contribution in [0.4, 0.5) is 0 Å². The second-order valence-corrected chi connectivity index (χ2v) is 7.72. The molecule has 1 N–H and O–H groups in total. The molecule has 1 aromatic rings. The van der Waals surface area contributed by atoms with Gasteiger partial charge in [-0.2, -0.15) is 0 Å². The highest BCUT2D eigenvalue weighted by Gasteiger charge is 2.32. The van der Waals surface area contributed by atoms with Crippen LogP contribution in [0.25, 0.3) is 0 Å². The van der Waals surface area contributed by atoms with Crippen molar-refractivity contribution < 1.29 is 9.59 Å². The zero-order chi connectivity index (χ0) is 17.6. The van der Waals surface area contributed by atoms with Gasteiger partial charge in [0.2, 0.25) is 11.8 Å². The van der Waals surface area contributed by atoms with Crippen molar-refractivity contribution in [1.82, 2.24) is 10.2 Å². The third-order valence-corrected chi connectivity index (χ3v) is 5.75. The Hall–Kier alpha value is -1.55. The average molecular weight is 363 g/mol. The maximum Gasteiger partial charge on any atom is 0.225 e. The van der Waals surface area contributed by atoms with Gasteiger partial charge in [-0.3, -0.25) is 9.59 Å². The molecule has 0 atom stereocenters. The zero-order valence-corrected chi connectivity index (χ0v) is 15.4. The van der Waals surface area contributed by atoms with Crippen LogP contribution in [0.2, 0.25) is 5.02 Å². The molecular formula is C20H27ClN2O2. The number of benzene rings is 1. The third-order valence-electron chi connectivity index (χ3n) is 5.49. The van der Waals surface area contributed by atoms with Crippen LogP contribution >= 0.6 is 11.6 Å². The molecule has 1 heterocycles. The van der Waals surface area contributed by atoms with Crippen molar-refractivity contribution >= 4 is 23.4 Å². The largest absolute Gasteiger partial charge is 0.352 e. The first-order chi connectivity index (χ1) is 12.1. The van der Waals surface area contributed by atoms with Gasteiger partial charge in [0.05, 0.1) is 0 Å². The van der Waals surface area contributed by atoms with E-state index in [0.29, 0.717) is 17.5 Å². The first-order valence-corrected chi connectivity index (χ1v) is 9.82. The van der Waals surface area contributed by atoms with Gasteiger partial charge in [-0.05, 0) is 62.6 Å². The normalized spacial score (nSPS) is 24.0. The van der Waals surface area contributed by atoms with Gasteiger partial charge in [0.1, 0.15) is 0 Å². The molecule has 2 amide bonds. The summed E-state index contributed by atoms with van der Waals surface area (Å²) in [6.07, 6.45) is 6.82. The van der Waals surface area contributed by atoms with Gasteiger partial charge in [0, 0.05) is 36.5 Å². The number of rotatable bonds is 4. The smallest absolute Gasteiger partial charge is 0.225 e. The highest BCUT2D eigenvalue weighted by atomic mass is 35.5. The van der Waals surface area contributed by atoms with E-state index in [9.17, 15) is 9.59 Å². The van der Waals surface area contributed by atoms with Gasteiger partial charge in [0.25, 0.3) is 0 Å². The average Bonchev–Trinajstić information content (AvgIpc) is 2.67. The Morgan fingerprint density at radius 2 is 1.56 bits per heavy atom. The fourth-order valence-electron chi connectivity index (χ4n) is 3.91. The number of carbonyl (C=O) groups excluding carboxylic acids is 2. The molecule has 1 aliphatic carbocycles. The van der Waals surface area contributed by atoms with Crippen LogP contribution in [0.15, 0.2) is 24.3 Å². The monoisotopic (exact) mass is 362 g/mol. The number of halogens is 1. The number of carbonyl (C=O) groups is 2. The van der Waals surface area contributed by atoms with E-state index in [1.165, 1.54) is 6.42 Å². The van der Waals surface area contributed by atoms with Crippen molar-refractivity contribution in [3.8, 4) is 0 Å². The van der Waals surface area contributed by atoms with Gasteiger partial charge in [-0.1, -0.05) is 23.7 Å². The molecule has 3 rings (SSSR count). The molecule has 0 aromatic heterocycles. The number of amides is 2. The van der Waals surface area contributed by atoms with Crippen LogP contribution in [-0.2, 0) is 16.1 Å². The summed E-state index contributed by atoms with van der Waals surface area (Å²) in [4.78, 5) is 27.0. The number of likely N-dealkylation sites (tertiary alicyclic amines) is 1. The third kappa shape index (κ3) is 4.97. The van der Waals surface area contributed by atoms with Gasteiger partial charge in [-0.25, -0.2) is 0 Å². The minimum absolute atomic E-state index is 0.0395. The Labute approximate surface area is 154 Å². The van der Waals surface area contributed by atoms with Gasteiger partial charge in [0.15, 0.2) is 0 Å². The van der Waals surface area contributed by atoms with Crippen LogP contribution in [0, 0.1) is 11.8 Å². The SMILES string of the molecule is O=C(NCc1ccc(Cl)cc1)C1CCC(C(=O)N2CCCCC2)CC1. The molecule has 0 radical (unpaired) electrons. The molecule has 25 heavy (non-hydrogen) atoms. The summed E-state index contributed by atoms with van der Waals surface area (Å²) >= 11 is 5.87. The van der Waals surface area contributed by atoms with Crippen LogP contribution in [-0.4, -0.2) is 29.8 Å². The Morgan fingerprint density at radius 1 is 0.960 bits per heavy atom. The lowest BCUT2D eigenvalue weighted by Crippen LogP contribution is -2.42. The minimum Gasteiger partial charge on any atom is -0.352 e. The molecule has 1 aliphatic heterocycles. The topological polar surface area (TPSA) is 49.4 Å². The second-order valence-electron chi connectivity index (χ2n) is 7.28. The van der Waals surface area contributed by atoms with Crippen LogP contribution in [0.1, 0.15) is 50.5 Å². The van der Waals surface area contributed by atoms with Gasteiger partial charge < -0.3 is 10.2 Å². The first-order valence-electron chi connectivity index (χ1n) is 9.44. The number of piperidine rings is 1. The van der Waals surface area contributed by atoms with Crippen LogP contribution < -0.4 is 5.32 Å². The summed E-state index contributed by atoms with van der Waals surface area (Å²) in [6.45, 7) is 2.36. The second kappa shape index (κ2) is 8.70. The van der Waals surface area contributed by atoms with Crippen LogP contribution in [0.5, 0.6) is 0 Å². The standard InChI is InChI=1S/C20H27ClN2O2/c21-18-10-4-15(5-11-18)14-22-19(24)16-6-8-17(9-7-16)20(25)23-12-2-1-3-13-23/h4-5,10-11,16-17H,1-3,6-9,12-14H2,(H,22,24). The maximum atomic E-state index is 12.6. The van der Waals surface area contributed by atoms with Crippen LogP contribution in [0.3, 0.4) is 0 Å². The van der Waals surface area contributed by atoms with E-state index in [1.54, 1.807) is 0 Å². The number of nitrogens with zero attached hydrogens (tertiary/aromatic N) is 1. The van der Waals surface area contributed by atoms with E-state index in [-0.39, 0.29) is 17.7 Å². The molecule has 0 unspecified atom stereocenters. The molecule has 0 bridgehead atoms. The highest BCUT2D eigenvalue weighted by molar-refractivity contribution is 6.30. The lowest BCUT2D eigenvalue weighted by molar-refractivity contribution is -0.139. The summed E-state index contributed by atoms with van der Waals surface area (Å²) in [5, 5.41) is 3.72. The van der Waals surface area contributed by atoms with Crippen molar-refractivity contribution in [2.75, 3.05) is 13.1 Å². The lowest BCUT2D eigenvalue weighted by atomic mass is 9.80.